The smallest absolute Gasteiger partial charge is 0.306 e. The van der Waals surface area contributed by atoms with Crippen LogP contribution in [-0.4, -0.2) is 37.2 Å². The van der Waals surface area contributed by atoms with Gasteiger partial charge in [0.1, 0.15) is 13.2 Å². The molecule has 6 heteroatoms. The molecule has 0 radical (unpaired) electrons. The standard InChI is InChI=1S/C63H110O6/c1-4-7-10-13-16-19-22-25-28-29-30-31-32-33-36-39-42-45-48-51-54-57-63(66)69-60(58-67-61(64)55-52-49-46-43-40-37-34-26-23-20-17-14-11-8-5-2)59-68-62(65)56-53-50-47-44-41-38-35-27-24-21-18-15-12-9-6-3/h17-18,20-21,25-28,34-35,40,43,60H,4-16,19,22-24,29-33,36-39,41-42,44-59H2,1-3H3/b20-17-,21-18-,28-25-,34-26-,35-27-,43-40-/t60-/m1/s1. The van der Waals surface area contributed by atoms with E-state index >= 15 is 0 Å². The minimum atomic E-state index is -0.797. The zero-order valence-corrected chi connectivity index (χ0v) is 45.6. The van der Waals surface area contributed by atoms with Crippen LogP contribution in [0.2, 0.25) is 0 Å². The second-order valence-corrected chi connectivity index (χ2v) is 19.5. The molecule has 0 aromatic carbocycles. The monoisotopic (exact) mass is 963 g/mol. The molecule has 0 saturated carbocycles. The van der Waals surface area contributed by atoms with Crippen LogP contribution in [0.3, 0.4) is 0 Å². The molecule has 0 N–H and O–H groups in total. The average Bonchev–Trinajstić information content (AvgIpc) is 3.35. The summed E-state index contributed by atoms with van der Waals surface area (Å²) in [7, 11) is 0. The average molecular weight is 964 g/mol. The molecule has 0 aliphatic rings. The van der Waals surface area contributed by atoms with Crippen LogP contribution < -0.4 is 0 Å². The molecule has 0 fully saturated rings. The summed E-state index contributed by atoms with van der Waals surface area (Å²) >= 11 is 0. The van der Waals surface area contributed by atoms with Crippen LogP contribution in [0.4, 0.5) is 0 Å². The van der Waals surface area contributed by atoms with Crippen molar-refractivity contribution in [1.82, 2.24) is 0 Å². The molecule has 0 heterocycles. The number of unbranched alkanes of at least 4 members (excludes halogenated alkanes) is 30. The van der Waals surface area contributed by atoms with Crippen LogP contribution in [-0.2, 0) is 28.6 Å². The first-order valence-electron chi connectivity index (χ1n) is 29.4. The van der Waals surface area contributed by atoms with Gasteiger partial charge < -0.3 is 14.2 Å². The fourth-order valence-electron chi connectivity index (χ4n) is 8.18. The van der Waals surface area contributed by atoms with Gasteiger partial charge in [-0.05, 0) is 116 Å². The van der Waals surface area contributed by atoms with Crippen molar-refractivity contribution in [1.29, 1.82) is 0 Å². The first kappa shape index (κ1) is 65.8. The van der Waals surface area contributed by atoms with E-state index in [2.05, 4.69) is 93.7 Å². The number of esters is 3. The van der Waals surface area contributed by atoms with Crippen molar-refractivity contribution in [2.45, 2.75) is 297 Å². The summed E-state index contributed by atoms with van der Waals surface area (Å²) in [6.45, 7) is 6.56. The maximum atomic E-state index is 12.9. The van der Waals surface area contributed by atoms with Gasteiger partial charge in [-0.3, -0.25) is 14.4 Å². The van der Waals surface area contributed by atoms with Crippen molar-refractivity contribution in [2.75, 3.05) is 13.2 Å². The largest absolute Gasteiger partial charge is 0.462 e. The van der Waals surface area contributed by atoms with E-state index in [0.29, 0.717) is 19.3 Å². The summed E-state index contributed by atoms with van der Waals surface area (Å²) < 4.78 is 16.8. The zero-order valence-electron chi connectivity index (χ0n) is 45.6. The first-order valence-corrected chi connectivity index (χ1v) is 29.4. The Labute approximate surface area is 427 Å². The van der Waals surface area contributed by atoms with Gasteiger partial charge in [-0.15, -0.1) is 0 Å². The summed E-state index contributed by atoms with van der Waals surface area (Å²) in [4.78, 5) is 38.2. The van der Waals surface area contributed by atoms with Gasteiger partial charge in [-0.25, -0.2) is 0 Å². The van der Waals surface area contributed by atoms with E-state index in [1.807, 2.05) is 0 Å². The van der Waals surface area contributed by atoms with Crippen LogP contribution in [0.5, 0.6) is 0 Å². The summed E-state index contributed by atoms with van der Waals surface area (Å²) in [5, 5.41) is 0. The molecule has 0 amide bonds. The number of carbonyl (C=O) groups is 3. The van der Waals surface area contributed by atoms with Crippen molar-refractivity contribution in [3.8, 4) is 0 Å². The van der Waals surface area contributed by atoms with E-state index < -0.39 is 6.10 Å². The Balaban J connectivity index is 4.41. The molecular formula is C63H110O6. The lowest BCUT2D eigenvalue weighted by Gasteiger charge is -2.18. The van der Waals surface area contributed by atoms with Crippen LogP contribution in [0.15, 0.2) is 72.9 Å². The molecule has 0 rings (SSSR count). The van der Waals surface area contributed by atoms with Crippen LogP contribution in [0, 0.1) is 0 Å². The second-order valence-electron chi connectivity index (χ2n) is 19.5. The third kappa shape index (κ3) is 55.6. The summed E-state index contributed by atoms with van der Waals surface area (Å²) in [5.41, 5.74) is 0. The molecule has 0 aromatic rings. The van der Waals surface area contributed by atoms with Gasteiger partial charge >= 0.3 is 17.9 Å². The van der Waals surface area contributed by atoms with Crippen LogP contribution in [0.25, 0.3) is 0 Å². The Morgan fingerprint density at radius 1 is 0.290 bits per heavy atom. The predicted octanol–water partition coefficient (Wildman–Crippen LogP) is 19.8. The third-order valence-corrected chi connectivity index (χ3v) is 12.7. The molecule has 0 unspecified atom stereocenters. The molecule has 0 bridgehead atoms. The maximum Gasteiger partial charge on any atom is 0.306 e. The molecule has 0 aromatic heterocycles. The van der Waals surface area contributed by atoms with Gasteiger partial charge in [0.25, 0.3) is 0 Å². The minimum Gasteiger partial charge on any atom is -0.462 e. The van der Waals surface area contributed by atoms with E-state index in [-0.39, 0.29) is 31.1 Å². The second kappa shape index (κ2) is 57.4. The number of rotatable bonds is 53. The van der Waals surface area contributed by atoms with Crippen molar-refractivity contribution >= 4 is 17.9 Å². The van der Waals surface area contributed by atoms with E-state index in [1.54, 1.807) is 0 Å². The van der Waals surface area contributed by atoms with Gasteiger partial charge in [-0.1, -0.05) is 229 Å². The molecule has 6 nitrogen and oxygen atoms in total. The van der Waals surface area contributed by atoms with Crippen molar-refractivity contribution in [2.24, 2.45) is 0 Å². The molecule has 0 aliphatic carbocycles. The van der Waals surface area contributed by atoms with Gasteiger partial charge in [0.2, 0.25) is 0 Å². The molecule has 0 aliphatic heterocycles. The number of ether oxygens (including phenoxy) is 3. The third-order valence-electron chi connectivity index (χ3n) is 12.7. The lowest BCUT2D eigenvalue weighted by atomic mass is 10.0. The number of carbonyl (C=O) groups excluding carboxylic acids is 3. The Bertz CT molecular complexity index is 1290. The molecule has 0 saturated heterocycles. The Kier molecular flexibility index (Phi) is 54.8. The van der Waals surface area contributed by atoms with Crippen LogP contribution >= 0.6 is 0 Å². The van der Waals surface area contributed by atoms with E-state index in [1.165, 1.54) is 154 Å². The SMILES string of the molecule is CCCCC/C=C\C/C=C\C/C=C\CCCCC(=O)OC[C@H](COC(=O)CCCCCCC/C=C\C/C=C\CCCCC)OC(=O)CCCCCCCCCCCCC/C=C\CCCCCCCC. The Morgan fingerprint density at radius 2 is 0.522 bits per heavy atom. The molecule has 398 valence electrons. The van der Waals surface area contributed by atoms with Crippen molar-refractivity contribution < 1.29 is 28.6 Å². The van der Waals surface area contributed by atoms with E-state index in [9.17, 15) is 14.4 Å². The topological polar surface area (TPSA) is 78.9 Å². The quantitative estimate of drug-likeness (QED) is 0.0262. The van der Waals surface area contributed by atoms with Gasteiger partial charge in [0.15, 0.2) is 6.10 Å². The lowest BCUT2D eigenvalue weighted by molar-refractivity contribution is -0.167. The fraction of sp³-hybridized carbons (Fsp3) is 0.762. The fourth-order valence-corrected chi connectivity index (χ4v) is 8.18. The van der Waals surface area contributed by atoms with Gasteiger partial charge in [0.05, 0.1) is 0 Å². The highest BCUT2D eigenvalue weighted by Crippen LogP contribution is 2.15. The molecule has 69 heavy (non-hydrogen) atoms. The van der Waals surface area contributed by atoms with Crippen molar-refractivity contribution in [3.63, 3.8) is 0 Å². The zero-order chi connectivity index (χ0) is 50.0. The molecular weight excluding hydrogens is 853 g/mol. The van der Waals surface area contributed by atoms with E-state index in [0.717, 1.165) is 96.3 Å². The summed E-state index contributed by atoms with van der Waals surface area (Å²) in [5.74, 6) is -0.938. The van der Waals surface area contributed by atoms with Gasteiger partial charge in [-0.2, -0.15) is 0 Å². The first-order chi connectivity index (χ1) is 34.0. The number of hydrogen-bond acceptors (Lipinski definition) is 6. The summed E-state index contributed by atoms with van der Waals surface area (Å²) in [6.07, 6.45) is 73.2. The highest BCUT2D eigenvalue weighted by Gasteiger charge is 2.19. The maximum absolute atomic E-state index is 12.9. The Morgan fingerprint density at radius 3 is 0.884 bits per heavy atom. The van der Waals surface area contributed by atoms with Crippen molar-refractivity contribution in [3.05, 3.63) is 72.9 Å². The van der Waals surface area contributed by atoms with Crippen LogP contribution in [0.1, 0.15) is 290 Å². The normalized spacial score (nSPS) is 12.6. The number of allylic oxidation sites excluding steroid dienone is 12. The highest BCUT2D eigenvalue weighted by atomic mass is 16.6. The summed E-state index contributed by atoms with van der Waals surface area (Å²) in [6, 6.07) is 0. The van der Waals surface area contributed by atoms with Gasteiger partial charge in [0, 0.05) is 19.3 Å². The molecule has 0 spiro atoms. The van der Waals surface area contributed by atoms with E-state index in [4.69, 9.17) is 14.2 Å². The number of hydrogen-bond donors (Lipinski definition) is 0. The Hall–Kier alpha value is -3.15. The molecule has 1 atom stereocenters. The minimum absolute atomic E-state index is 0.0943. The predicted molar refractivity (Wildman–Crippen MR) is 298 cm³/mol. The lowest BCUT2D eigenvalue weighted by Crippen LogP contribution is -2.30. The highest BCUT2D eigenvalue weighted by molar-refractivity contribution is 5.71.